The van der Waals surface area contributed by atoms with Crippen molar-refractivity contribution in [2.24, 2.45) is 5.92 Å². The lowest BCUT2D eigenvalue weighted by Gasteiger charge is -2.12. The number of aliphatic hydroxyl groups excluding tert-OH is 1. The third-order valence-corrected chi connectivity index (χ3v) is 2.93. The van der Waals surface area contributed by atoms with Crippen molar-refractivity contribution in [1.29, 1.82) is 0 Å². The highest BCUT2D eigenvalue weighted by molar-refractivity contribution is 5.30. The van der Waals surface area contributed by atoms with Crippen LogP contribution in [-0.2, 0) is 6.42 Å². The molecule has 1 unspecified atom stereocenters. The van der Waals surface area contributed by atoms with Gasteiger partial charge in [0.15, 0.2) is 0 Å². The van der Waals surface area contributed by atoms with E-state index < -0.39 is 0 Å². The van der Waals surface area contributed by atoms with Crippen LogP contribution in [0.5, 0.6) is 0 Å². The zero-order valence-corrected chi connectivity index (χ0v) is 9.38. The predicted octanol–water partition coefficient (Wildman–Crippen LogP) is 2.86. The van der Waals surface area contributed by atoms with Gasteiger partial charge in [0.25, 0.3) is 0 Å². The Hall–Kier alpha value is -0.820. The number of rotatable bonds is 4. The summed E-state index contributed by atoms with van der Waals surface area (Å²) in [7, 11) is 0. The second kappa shape index (κ2) is 5.16. The molecule has 1 N–H and O–H groups in total. The topological polar surface area (TPSA) is 20.2 Å². The van der Waals surface area contributed by atoms with Gasteiger partial charge in [0, 0.05) is 6.61 Å². The average Bonchev–Trinajstić information content (AvgIpc) is 2.19. The lowest BCUT2D eigenvalue weighted by atomic mass is 9.95. The van der Waals surface area contributed by atoms with Crippen LogP contribution in [0, 0.1) is 19.8 Å². The second-order valence-corrected chi connectivity index (χ2v) is 4.08. The van der Waals surface area contributed by atoms with Gasteiger partial charge in [0.05, 0.1) is 0 Å². The highest BCUT2D eigenvalue weighted by Gasteiger charge is 2.06. The third-order valence-electron chi connectivity index (χ3n) is 2.93. The Balaban J connectivity index is 2.72. The highest BCUT2D eigenvalue weighted by Crippen LogP contribution is 2.15. The van der Waals surface area contributed by atoms with Gasteiger partial charge >= 0.3 is 0 Å². The first kappa shape index (κ1) is 11.3. The van der Waals surface area contributed by atoms with E-state index in [1.54, 1.807) is 0 Å². The van der Waals surface area contributed by atoms with Crippen molar-refractivity contribution in [3.05, 3.63) is 34.9 Å². The molecule has 0 bridgehead atoms. The normalized spacial score (nSPS) is 12.9. The van der Waals surface area contributed by atoms with Crippen LogP contribution in [0.1, 0.15) is 30.0 Å². The van der Waals surface area contributed by atoms with Crippen molar-refractivity contribution >= 4 is 0 Å². The molecule has 1 rings (SSSR count). The van der Waals surface area contributed by atoms with Crippen molar-refractivity contribution in [3.63, 3.8) is 0 Å². The van der Waals surface area contributed by atoms with Crippen molar-refractivity contribution in [1.82, 2.24) is 0 Å². The number of aryl methyl sites for hydroxylation is 2. The molecule has 0 radical (unpaired) electrons. The first-order chi connectivity index (χ1) is 6.67. The van der Waals surface area contributed by atoms with Crippen LogP contribution < -0.4 is 0 Å². The van der Waals surface area contributed by atoms with Crippen LogP contribution in [0.15, 0.2) is 18.2 Å². The van der Waals surface area contributed by atoms with Crippen LogP contribution in [0.3, 0.4) is 0 Å². The summed E-state index contributed by atoms with van der Waals surface area (Å²) in [5.41, 5.74) is 4.02. The molecule has 78 valence electrons. The van der Waals surface area contributed by atoms with Gasteiger partial charge in [-0.2, -0.15) is 0 Å². The number of hydrogen-bond acceptors (Lipinski definition) is 1. The molecule has 0 amide bonds. The first-order valence-electron chi connectivity index (χ1n) is 5.34. The largest absolute Gasteiger partial charge is 0.396 e. The lowest BCUT2D eigenvalue weighted by Crippen LogP contribution is -2.08. The van der Waals surface area contributed by atoms with Gasteiger partial charge < -0.3 is 5.11 Å². The number of aliphatic hydroxyl groups is 1. The monoisotopic (exact) mass is 192 g/mol. The van der Waals surface area contributed by atoms with Crippen LogP contribution in [0.25, 0.3) is 0 Å². The van der Waals surface area contributed by atoms with Crippen LogP contribution in [-0.4, -0.2) is 11.7 Å². The van der Waals surface area contributed by atoms with Gasteiger partial charge in [-0.25, -0.2) is 0 Å². The number of benzene rings is 1. The van der Waals surface area contributed by atoms with E-state index in [0.717, 1.165) is 12.8 Å². The fourth-order valence-electron chi connectivity index (χ4n) is 1.60. The molecule has 1 nitrogen and oxygen atoms in total. The Kier molecular flexibility index (Phi) is 4.15. The molecule has 1 atom stereocenters. The fourth-order valence-corrected chi connectivity index (χ4v) is 1.60. The van der Waals surface area contributed by atoms with Crippen molar-refractivity contribution < 1.29 is 5.11 Å². The Bertz CT molecular complexity index is 287. The van der Waals surface area contributed by atoms with Gasteiger partial charge in [-0.1, -0.05) is 31.5 Å². The molecule has 0 heterocycles. The molecule has 14 heavy (non-hydrogen) atoms. The highest BCUT2D eigenvalue weighted by atomic mass is 16.3. The molecule has 0 aliphatic heterocycles. The van der Waals surface area contributed by atoms with Gasteiger partial charge in [0.1, 0.15) is 0 Å². The minimum absolute atomic E-state index is 0.295. The maximum atomic E-state index is 9.11. The summed E-state index contributed by atoms with van der Waals surface area (Å²) in [4.78, 5) is 0. The Morgan fingerprint density at radius 3 is 2.43 bits per heavy atom. The average molecular weight is 192 g/mol. The van der Waals surface area contributed by atoms with Gasteiger partial charge in [-0.15, -0.1) is 0 Å². The van der Waals surface area contributed by atoms with E-state index in [9.17, 15) is 0 Å². The maximum absolute atomic E-state index is 9.11. The maximum Gasteiger partial charge on any atom is 0.0462 e. The van der Waals surface area contributed by atoms with Gasteiger partial charge in [-0.3, -0.25) is 0 Å². The molecule has 1 heteroatoms. The molecule has 0 spiro atoms. The first-order valence-corrected chi connectivity index (χ1v) is 5.34. The summed E-state index contributed by atoms with van der Waals surface area (Å²) in [5.74, 6) is 0.414. The Morgan fingerprint density at radius 1 is 1.21 bits per heavy atom. The van der Waals surface area contributed by atoms with E-state index in [0.29, 0.717) is 12.5 Å². The van der Waals surface area contributed by atoms with Crippen LogP contribution in [0.2, 0.25) is 0 Å². The SMILES string of the molecule is CCC(CO)Cc1ccc(C)c(C)c1. The van der Waals surface area contributed by atoms with Crippen LogP contribution >= 0.6 is 0 Å². The summed E-state index contributed by atoms with van der Waals surface area (Å²) < 4.78 is 0. The summed E-state index contributed by atoms with van der Waals surface area (Å²) in [6, 6.07) is 6.56. The molecular formula is C13H20O. The summed E-state index contributed by atoms with van der Waals surface area (Å²) >= 11 is 0. The molecular weight excluding hydrogens is 172 g/mol. The molecule has 0 aliphatic rings. The zero-order chi connectivity index (χ0) is 10.6. The smallest absolute Gasteiger partial charge is 0.0462 e. The quantitative estimate of drug-likeness (QED) is 0.777. The molecule has 0 aromatic heterocycles. The van der Waals surface area contributed by atoms with E-state index in [2.05, 4.69) is 39.0 Å². The standard InChI is InChI=1S/C13H20O/c1-4-12(9-14)8-13-6-5-10(2)11(3)7-13/h5-7,12,14H,4,8-9H2,1-3H3. The minimum Gasteiger partial charge on any atom is -0.396 e. The zero-order valence-electron chi connectivity index (χ0n) is 9.38. The summed E-state index contributed by atoms with van der Waals surface area (Å²) in [6.07, 6.45) is 2.04. The molecule has 1 aromatic carbocycles. The molecule has 0 saturated heterocycles. The second-order valence-electron chi connectivity index (χ2n) is 4.08. The van der Waals surface area contributed by atoms with E-state index >= 15 is 0 Å². The minimum atomic E-state index is 0.295. The third kappa shape index (κ3) is 2.85. The van der Waals surface area contributed by atoms with Crippen molar-refractivity contribution in [2.75, 3.05) is 6.61 Å². The molecule has 1 aromatic rings. The number of hydrogen-bond donors (Lipinski definition) is 1. The van der Waals surface area contributed by atoms with Gasteiger partial charge in [0.2, 0.25) is 0 Å². The Morgan fingerprint density at radius 2 is 1.93 bits per heavy atom. The summed E-state index contributed by atoms with van der Waals surface area (Å²) in [5, 5.41) is 9.11. The fraction of sp³-hybridized carbons (Fsp3) is 0.538. The molecule has 0 saturated carbocycles. The predicted molar refractivity (Wildman–Crippen MR) is 60.5 cm³/mol. The van der Waals surface area contributed by atoms with E-state index in [1.165, 1.54) is 16.7 Å². The van der Waals surface area contributed by atoms with E-state index in [-0.39, 0.29) is 0 Å². The molecule has 0 fully saturated rings. The van der Waals surface area contributed by atoms with Gasteiger partial charge in [-0.05, 0) is 42.9 Å². The van der Waals surface area contributed by atoms with E-state index in [1.807, 2.05) is 0 Å². The lowest BCUT2D eigenvalue weighted by molar-refractivity contribution is 0.222. The Labute approximate surface area is 86.8 Å². The molecule has 0 aliphatic carbocycles. The van der Waals surface area contributed by atoms with E-state index in [4.69, 9.17) is 5.11 Å². The van der Waals surface area contributed by atoms with Crippen LogP contribution in [0.4, 0.5) is 0 Å². The van der Waals surface area contributed by atoms with Crippen molar-refractivity contribution in [3.8, 4) is 0 Å². The summed E-state index contributed by atoms with van der Waals surface area (Å²) in [6.45, 7) is 6.69. The van der Waals surface area contributed by atoms with Crippen molar-refractivity contribution in [2.45, 2.75) is 33.6 Å².